The van der Waals surface area contributed by atoms with Crippen LogP contribution in [0.15, 0.2) is 54.7 Å². The highest BCUT2D eigenvalue weighted by atomic mass is 35.5. The van der Waals surface area contributed by atoms with Gasteiger partial charge in [-0.3, -0.25) is 0 Å². The predicted octanol–water partition coefficient (Wildman–Crippen LogP) is 5.38. The highest BCUT2D eigenvalue weighted by Crippen LogP contribution is 2.29. The Hall–Kier alpha value is -3.33. The lowest BCUT2D eigenvalue weighted by molar-refractivity contribution is -0.137. The lowest BCUT2D eigenvalue weighted by Gasteiger charge is -2.10. The molecule has 3 N–H and O–H groups in total. The molecule has 29 heavy (non-hydrogen) atoms. The number of fused-ring (bicyclic) bond motifs is 1. The number of alkyl halides is 3. The highest BCUT2D eigenvalue weighted by molar-refractivity contribution is 6.28. The number of hydrogen-bond donors (Lipinski definition) is 3. The van der Waals surface area contributed by atoms with E-state index < -0.39 is 11.7 Å². The Balaban J connectivity index is 1.46. The van der Waals surface area contributed by atoms with Gasteiger partial charge < -0.3 is 15.6 Å². The van der Waals surface area contributed by atoms with Crippen molar-refractivity contribution in [3.63, 3.8) is 0 Å². The van der Waals surface area contributed by atoms with Gasteiger partial charge in [0.25, 0.3) is 0 Å². The fraction of sp³-hybridized carbons (Fsp3) is 0.105. The fourth-order valence-electron chi connectivity index (χ4n) is 2.73. The normalized spacial score (nSPS) is 11.6. The number of aromatic nitrogens is 4. The largest absolute Gasteiger partial charge is 0.416 e. The van der Waals surface area contributed by atoms with Crippen molar-refractivity contribution in [2.45, 2.75) is 12.7 Å². The average molecular weight is 419 g/mol. The molecule has 0 fully saturated rings. The number of anilines is 3. The molecule has 0 saturated carbocycles. The number of rotatable bonds is 5. The van der Waals surface area contributed by atoms with E-state index in [1.807, 2.05) is 30.5 Å². The molecule has 0 amide bonds. The molecule has 0 aliphatic heterocycles. The molecule has 0 unspecified atom stereocenters. The van der Waals surface area contributed by atoms with Gasteiger partial charge in [0.2, 0.25) is 17.2 Å². The van der Waals surface area contributed by atoms with E-state index in [9.17, 15) is 13.2 Å². The molecule has 0 radical (unpaired) electrons. The van der Waals surface area contributed by atoms with Gasteiger partial charge >= 0.3 is 6.18 Å². The molecule has 148 valence electrons. The Morgan fingerprint density at radius 2 is 1.69 bits per heavy atom. The van der Waals surface area contributed by atoms with Gasteiger partial charge in [0.1, 0.15) is 0 Å². The number of aromatic amines is 1. The summed E-state index contributed by atoms with van der Waals surface area (Å²) in [4.78, 5) is 15.4. The summed E-state index contributed by atoms with van der Waals surface area (Å²) >= 11 is 5.97. The number of H-pyrrole nitrogens is 1. The van der Waals surface area contributed by atoms with Crippen LogP contribution in [0.3, 0.4) is 0 Å². The van der Waals surface area contributed by atoms with Crippen molar-refractivity contribution in [3.05, 3.63) is 71.1 Å². The molecule has 0 aliphatic rings. The van der Waals surface area contributed by atoms with E-state index in [1.54, 1.807) is 0 Å². The van der Waals surface area contributed by atoms with Crippen molar-refractivity contribution < 1.29 is 13.2 Å². The fourth-order valence-corrected chi connectivity index (χ4v) is 2.89. The number of hydrogen-bond acceptors (Lipinski definition) is 5. The van der Waals surface area contributed by atoms with Gasteiger partial charge in [0.15, 0.2) is 0 Å². The molecule has 4 aromatic rings. The Labute approximate surface area is 168 Å². The van der Waals surface area contributed by atoms with E-state index in [2.05, 4.69) is 30.6 Å². The lowest BCUT2D eigenvalue weighted by atomic mass is 10.1. The number of benzene rings is 2. The first-order valence-electron chi connectivity index (χ1n) is 8.52. The van der Waals surface area contributed by atoms with Gasteiger partial charge in [-0.1, -0.05) is 18.2 Å². The summed E-state index contributed by atoms with van der Waals surface area (Å²) in [7, 11) is 0. The zero-order chi connectivity index (χ0) is 20.4. The minimum atomic E-state index is -4.36. The Morgan fingerprint density at radius 1 is 0.931 bits per heavy atom. The number of nitrogens with zero attached hydrogens (tertiary/aromatic N) is 3. The number of nitrogens with one attached hydrogen (secondary N) is 3. The van der Waals surface area contributed by atoms with Gasteiger partial charge in [-0.25, -0.2) is 0 Å². The van der Waals surface area contributed by atoms with Crippen LogP contribution in [0.25, 0.3) is 10.9 Å². The molecule has 2 aromatic carbocycles. The summed E-state index contributed by atoms with van der Waals surface area (Å²) in [5.74, 6) is 0.444. The summed E-state index contributed by atoms with van der Waals surface area (Å²) in [5, 5.41) is 7.05. The molecule has 2 heterocycles. The summed E-state index contributed by atoms with van der Waals surface area (Å²) in [6.45, 7) is 0.229. The maximum atomic E-state index is 12.6. The summed E-state index contributed by atoms with van der Waals surface area (Å²) in [6, 6.07) is 12.5. The third kappa shape index (κ3) is 4.57. The maximum Gasteiger partial charge on any atom is 0.416 e. The molecule has 4 rings (SSSR count). The highest BCUT2D eigenvalue weighted by Gasteiger charge is 2.29. The predicted molar refractivity (Wildman–Crippen MR) is 105 cm³/mol. The zero-order valence-electron chi connectivity index (χ0n) is 14.8. The molecule has 0 atom stereocenters. The first-order valence-corrected chi connectivity index (χ1v) is 8.90. The Bertz CT molecular complexity index is 1140. The summed E-state index contributed by atoms with van der Waals surface area (Å²) in [5.41, 5.74) is 1.66. The minimum absolute atomic E-state index is 0.0154. The molecule has 2 aromatic heterocycles. The van der Waals surface area contributed by atoms with Crippen molar-refractivity contribution in [1.29, 1.82) is 0 Å². The smallest absolute Gasteiger partial charge is 0.361 e. The Kier molecular flexibility index (Phi) is 4.98. The second kappa shape index (κ2) is 7.59. The van der Waals surface area contributed by atoms with Crippen LogP contribution >= 0.6 is 11.6 Å². The molecule has 6 nitrogen and oxygen atoms in total. The van der Waals surface area contributed by atoms with Crippen LogP contribution in [0.5, 0.6) is 0 Å². The molecule has 10 heteroatoms. The topological polar surface area (TPSA) is 78.5 Å². The maximum absolute atomic E-state index is 12.6. The van der Waals surface area contributed by atoms with E-state index in [4.69, 9.17) is 11.6 Å². The second-order valence-corrected chi connectivity index (χ2v) is 6.54. The molecular weight excluding hydrogens is 405 g/mol. The average Bonchev–Trinajstić information content (AvgIpc) is 3.13. The van der Waals surface area contributed by atoms with E-state index >= 15 is 0 Å². The quantitative estimate of drug-likeness (QED) is 0.405. The standard InChI is InChI=1S/C19H14ClF3N6/c20-16-27-17(25-10-11-1-4-13(5-2-11)19(21,22)23)29-18(28-16)26-14-6-3-12-7-8-24-15(12)9-14/h1-9,24H,10H2,(H2,25,26,27,28,29). The zero-order valence-corrected chi connectivity index (χ0v) is 15.5. The van der Waals surface area contributed by atoms with Crippen molar-refractivity contribution in [3.8, 4) is 0 Å². The second-order valence-electron chi connectivity index (χ2n) is 6.20. The SMILES string of the molecule is FC(F)(F)c1ccc(CNc2nc(Cl)nc(Nc3ccc4cc[nH]c4c3)n2)cc1. The Morgan fingerprint density at radius 3 is 2.45 bits per heavy atom. The third-order valence-corrected chi connectivity index (χ3v) is 4.32. The van der Waals surface area contributed by atoms with Gasteiger partial charge in [-0.15, -0.1) is 0 Å². The van der Waals surface area contributed by atoms with E-state index in [1.165, 1.54) is 12.1 Å². The van der Waals surface area contributed by atoms with Crippen molar-refractivity contribution in [1.82, 2.24) is 19.9 Å². The van der Waals surface area contributed by atoms with Crippen LogP contribution in [0.2, 0.25) is 5.28 Å². The van der Waals surface area contributed by atoms with Crippen LogP contribution in [-0.2, 0) is 12.7 Å². The number of halogens is 4. The van der Waals surface area contributed by atoms with Crippen LogP contribution in [-0.4, -0.2) is 19.9 Å². The van der Waals surface area contributed by atoms with E-state index in [-0.39, 0.29) is 23.7 Å². The van der Waals surface area contributed by atoms with Gasteiger partial charge in [-0.2, -0.15) is 28.1 Å². The molecule has 0 saturated heterocycles. The van der Waals surface area contributed by atoms with E-state index in [0.29, 0.717) is 5.56 Å². The third-order valence-electron chi connectivity index (χ3n) is 4.15. The van der Waals surface area contributed by atoms with Crippen LogP contribution in [0.1, 0.15) is 11.1 Å². The lowest BCUT2D eigenvalue weighted by Crippen LogP contribution is -2.08. The van der Waals surface area contributed by atoms with Crippen molar-refractivity contribution in [2.24, 2.45) is 0 Å². The molecule has 0 spiro atoms. The van der Waals surface area contributed by atoms with E-state index in [0.717, 1.165) is 28.7 Å². The first-order chi connectivity index (χ1) is 13.9. The summed E-state index contributed by atoms with van der Waals surface area (Å²) < 4.78 is 37.9. The van der Waals surface area contributed by atoms with Crippen molar-refractivity contribution in [2.75, 3.05) is 10.6 Å². The first kappa shape index (κ1) is 19.0. The van der Waals surface area contributed by atoms with Crippen molar-refractivity contribution >= 4 is 40.1 Å². The monoisotopic (exact) mass is 418 g/mol. The van der Waals surface area contributed by atoms with Gasteiger partial charge in [0, 0.05) is 23.9 Å². The van der Waals surface area contributed by atoms with Gasteiger partial charge in [-0.05, 0) is 52.9 Å². The van der Waals surface area contributed by atoms with Crippen LogP contribution < -0.4 is 10.6 Å². The molecule has 0 aliphatic carbocycles. The minimum Gasteiger partial charge on any atom is -0.361 e. The van der Waals surface area contributed by atoms with Crippen LogP contribution in [0, 0.1) is 0 Å². The summed E-state index contributed by atoms with van der Waals surface area (Å²) in [6.07, 6.45) is -2.52. The van der Waals surface area contributed by atoms with Gasteiger partial charge in [0.05, 0.1) is 5.56 Å². The van der Waals surface area contributed by atoms with Crippen LogP contribution in [0.4, 0.5) is 30.8 Å². The molecular formula is C19H14ClF3N6. The molecule has 0 bridgehead atoms.